The molecule has 0 aliphatic heterocycles. The molecule has 0 fully saturated rings. The number of carbonyl (C=O) groups excluding carboxylic acids is 1. The third-order valence-electron chi connectivity index (χ3n) is 5.01. The largest absolute Gasteiger partial charge is 0.494 e. The number of halogens is 1. The summed E-state index contributed by atoms with van der Waals surface area (Å²) >= 11 is 0. The van der Waals surface area contributed by atoms with Crippen LogP contribution < -0.4 is 19.6 Å². The van der Waals surface area contributed by atoms with Crippen molar-refractivity contribution < 1.29 is 27.8 Å². The molecule has 1 heterocycles. The second kappa shape index (κ2) is 11.2. The van der Waals surface area contributed by atoms with E-state index < -0.39 is 5.91 Å². The van der Waals surface area contributed by atoms with Crippen molar-refractivity contribution in [2.75, 3.05) is 13.2 Å². The van der Waals surface area contributed by atoms with Gasteiger partial charge in [0.2, 0.25) is 0 Å². The lowest BCUT2D eigenvalue weighted by atomic mass is 10.2. The number of rotatable bonds is 10. The molecule has 4 aromatic rings. The number of hydrogen-bond acceptors (Lipinski definition) is 6. The number of nitrogens with zero attached hydrogens (tertiary/aromatic N) is 1. The van der Waals surface area contributed by atoms with E-state index in [1.54, 1.807) is 54.6 Å². The SMILES string of the molecule is CCOc1ccc2oc(C(=O)N/N=C/c3ccc(OCc4ccccc4F)c(OCC)c3)cc2c1. The quantitative estimate of drug-likeness (QED) is 0.234. The second-order valence-corrected chi connectivity index (χ2v) is 7.46. The van der Waals surface area contributed by atoms with Crippen molar-refractivity contribution in [3.63, 3.8) is 0 Å². The molecular weight excluding hydrogens is 451 g/mol. The minimum absolute atomic E-state index is 0.0693. The lowest BCUT2D eigenvalue weighted by Crippen LogP contribution is -2.16. The summed E-state index contributed by atoms with van der Waals surface area (Å²) < 4.78 is 36.4. The first-order valence-corrected chi connectivity index (χ1v) is 11.2. The number of benzene rings is 3. The fraction of sp³-hybridized carbons (Fsp3) is 0.185. The number of hydrogen-bond donors (Lipinski definition) is 1. The minimum atomic E-state index is -0.481. The maximum atomic E-state index is 13.9. The number of amides is 1. The molecule has 0 radical (unpaired) electrons. The molecule has 1 N–H and O–H groups in total. The molecule has 0 bridgehead atoms. The van der Waals surface area contributed by atoms with Crippen molar-refractivity contribution in [2.45, 2.75) is 20.5 Å². The molecule has 0 aliphatic rings. The summed E-state index contributed by atoms with van der Waals surface area (Å²) in [5, 5.41) is 4.78. The van der Waals surface area contributed by atoms with Crippen molar-refractivity contribution in [1.29, 1.82) is 0 Å². The topological polar surface area (TPSA) is 82.3 Å². The Kier molecular flexibility index (Phi) is 7.62. The normalized spacial score (nSPS) is 11.1. The molecule has 8 heteroatoms. The van der Waals surface area contributed by atoms with E-state index in [9.17, 15) is 9.18 Å². The van der Waals surface area contributed by atoms with E-state index in [1.165, 1.54) is 12.3 Å². The summed E-state index contributed by atoms with van der Waals surface area (Å²) in [5.41, 5.74) is 4.16. The molecule has 0 atom stereocenters. The molecule has 180 valence electrons. The zero-order valence-corrected chi connectivity index (χ0v) is 19.4. The van der Waals surface area contributed by atoms with Crippen LogP contribution in [0.15, 0.2) is 76.2 Å². The molecule has 0 saturated heterocycles. The lowest BCUT2D eigenvalue weighted by Gasteiger charge is -2.13. The van der Waals surface area contributed by atoms with Crippen LogP contribution in [0.1, 0.15) is 35.5 Å². The molecule has 1 amide bonds. The van der Waals surface area contributed by atoms with Gasteiger partial charge in [0.15, 0.2) is 17.3 Å². The Balaban J connectivity index is 1.41. The van der Waals surface area contributed by atoms with Crippen LogP contribution in [0.4, 0.5) is 4.39 Å². The van der Waals surface area contributed by atoms with E-state index in [-0.39, 0.29) is 18.2 Å². The Morgan fingerprint density at radius 2 is 1.80 bits per heavy atom. The van der Waals surface area contributed by atoms with E-state index >= 15 is 0 Å². The summed E-state index contributed by atoms with van der Waals surface area (Å²) in [5.74, 6) is 0.996. The summed E-state index contributed by atoms with van der Waals surface area (Å²) in [6.45, 7) is 4.80. The molecule has 3 aromatic carbocycles. The van der Waals surface area contributed by atoms with Crippen LogP contribution >= 0.6 is 0 Å². The van der Waals surface area contributed by atoms with Crippen molar-refractivity contribution in [2.24, 2.45) is 5.10 Å². The van der Waals surface area contributed by atoms with Gasteiger partial charge in [-0.15, -0.1) is 0 Å². The van der Waals surface area contributed by atoms with Gasteiger partial charge in [-0.1, -0.05) is 18.2 Å². The summed E-state index contributed by atoms with van der Waals surface area (Å²) in [7, 11) is 0. The first-order valence-electron chi connectivity index (χ1n) is 11.2. The van der Waals surface area contributed by atoms with Crippen molar-refractivity contribution in [1.82, 2.24) is 5.43 Å². The highest BCUT2D eigenvalue weighted by Gasteiger charge is 2.13. The van der Waals surface area contributed by atoms with Crippen molar-refractivity contribution in [3.05, 3.63) is 89.4 Å². The van der Waals surface area contributed by atoms with Crippen LogP contribution in [0.25, 0.3) is 11.0 Å². The van der Waals surface area contributed by atoms with Crippen LogP contribution in [0, 0.1) is 5.82 Å². The summed E-state index contributed by atoms with van der Waals surface area (Å²) in [6.07, 6.45) is 1.48. The van der Waals surface area contributed by atoms with Gasteiger partial charge in [0.05, 0.1) is 19.4 Å². The van der Waals surface area contributed by atoms with E-state index in [2.05, 4.69) is 10.5 Å². The van der Waals surface area contributed by atoms with Crippen molar-refractivity contribution >= 4 is 23.1 Å². The molecule has 0 aliphatic carbocycles. The van der Waals surface area contributed by atoms with Gasteiger partial charge < -0.3 is 18.6 Å². The van der Waals surface area contributed by atoms with E-state index in [1.807, 2.05) is 19.9 Å². The Morgan fingerprint density at radius 1 is 0.971 bits per heavy atom. The predicted molar refractivity (Wildman–Crippen MR) is 131 cm³/mol. The lowest BCUT2D eigenvalue weighted by molar-refractivity contribution is 0.0929. The fourth-order valence-corrected chi connectivity index (χ4v) is 3.37. The van der Waals surface area contributed by atoms with E-state index in [4.69, 9.17) is 18.6 Å². The Labute approximate surface area is 202 Å². The number of carbonyl (C=O) groups is 1. The predicted octanol–water partition coefficient (Wildman–Crippen LogP) is 5.71. The second-order valence-electron chi connectivity index (χ2n) is 7.46. The highest BCUT2D eigenvalue weighted by Crippen LogP contribution is 2.29. The monoisotopic (exact) mass is 476 g/mol. The summed E-state index contributed by atoms with van der Waals surface area (Å²) in [6, 6.07) is 18.6. The van der Waals surface area contributed by atoms with Gasteiger partial charge in [-0.25, -0.2) is 9.82 Å². The highest BCUT2D eigenvalue weighted by atomic mass is 19.1. The maximum Gasteiger partial charge on any atom is 0.307 e. The molecule has 35 heavy (non-hydrogen) atoms. The standard InChI is InChI=1S/C27H25FN2O5/c1-3-32-21-10-12-23-20(14-21)15-26(35-23)27(31)30-29-16-18-9-11-24(25(13-18)33-4-2)34-17-19-7-5-6-8-22(19)28/h5-16H,3-4,17H2,1-2H3,(H,30,31)/b29-16+. The maximum absolute atomic E-state index is 13.9. The number of ether oxygens (including phenoxy) is 3. The molecular formula is C27H25FN2O5. The average molecular weight is 477 g/mol. The first kappa shape index (κ1) is 23.8. The Bertz CT molecular complexity index is 1350. The molecule has 0 unspecified atom stereocenters. The molecule has 0 spiro atoms. The zero-order valence-electron chi connectivity index (χ0n) is 19.4. The van der Waals surface area contributed by atoms with Crippen LogP contribution in [-0.4, -0.2) is 25.3 Å². The van der Waals surface area contributed by atoms with Gasteiger partial charge in [0.1, 0.15) is 23.8 Å². The van der Waals surface area contributed by atoms with Gasteiger partial charge in [-0.3, -0.25) is 4.79 Å². The molecule has 1 aromatic heterocycles. The van der Waals surface area contributed by atoms with Crippen LogP contribution in [0.3, 0.4) is 0 Å². The molecule has 7 nitrogen and oxygen atoms in total. The van der Waals surface area contributed by atoms with Gasteiger partial charge in [-0.2, -0.15) is 5.10 Å². The Morgan fingerprint density at radius 3 is 2.60 bits per heavy atom. The van der Waals surface area contributed by atoms with E-state index in [0.717, 1.165) is 5.39 Å². The van der Waals surface area contributed by atoms with Crippen LogP contribution in [0.5, 0.6) is 17.2 Å². The van der Waals surface area contributed by atoms with Gasteiger partial charge in [0.25, 0.3) is 0 Å². The summed E-state index contributed by atoms with van der Waals surface area (Å²) in [4.78, 5) is 12.5. The molecule has 0 saturated carbocycles. The number of furan rings is 1. The minimum Gasteiger partial charge on any atom is -0.494 e. The third kappa shape index (κ3) is 5.97. The van der Waals surface area contributed by atoms with Crippen LogP contribution in [-0.2, 0) is 6.61 Å². The number of fused-ring (bicyclic) bond motifs is 1. The zero-order chi connectivity index (χ0) is 24.6. The fourth-order valence-electron chi connectivity index (χ4n) is 3.37. The van der Waals surface area contributed by atoms with E-state index in [0.29, 0.717) is 47.2 Å². The third-order valence-corrected chi connectivity index (χ3v) is 5.01. The number of hydrazone groups is 1. The van der Waals surface area contributed by atoms with Crippen LogP contribution in [0.2, 0.25) is 0 Å². The van der Waals surface area contributed by atoms with Gasteiger partial charge >= 0.3 is 5.91 Å². The Hall–Kier alpha value is -4.33. The van der Waals surface area contributed by atoms with Gasteiger partial charge in [0, 0.05) is 10.9 Å². The van der Waals surface area contributed by atoms with Gasteiger partial charge in [-0.05, 0) is 67.9 Å². The van der Waals surface area contributed by atoms with Crippen molar-refractivity contribution in [3.8, 4) is 17.2 Å². The smallest absolute Gasteiger partial charge is 0.307 e. The first-order chi connectivity index (χ1) is 17.1. The number of nitrogens with one attached hydrogen (secondary N) is 1. The highest BCUT2D eigenvalue weighted by molar-refractivity contribution is 5.96. The molecule has 4 rings (SSSR count). The average Bonchev–Trinajstić information content (AvgIpc) is 3.28.